The molecule has 9 N–H and O–H groups in total. The number of esters is 1. The molecule has 1 aromatic carbocycles. The number of aryl methyl sites for hydroxylation is 1. The van der Waals surface area contributed by atoms with Crippen LogP contribution in [-0.4, -0.2) is 81.2 Å². The van der Waals surface area contributed by atoms with E-state index in [4.69, 9.17) is 30.1 Å². The first-order chi connectivity index (χ1) is 30.4. The zero-order chi connectivity index (χ0) is 43.4. The maximum atomic E-state index is 15.1. The van der Waals surface area contributed by atoms with Gasteiger partial charge in [-0.15, -0.1) is 0 Å². The molecule has 2 unspecified atom stereocenters. The predicted octanol–water partition coefficient (Wildman–Crippen LogP) is 5.45. The highest BCUT2D eigenvalue weighted by Crippen LogP contribution is 2.60. The lowest BCUT2D eigenvalue weighted by Gasteiger charge is -2.49. The number of ether oxygens (including phenoxy) is 3. The van der Waals surface area contributed by atoms with Gasteiger partial charge in [-0.25, -0.2) is 4.79 Å². The van der Waals surface area contributed by atoms with Crippen LogP contribution >= 0.6 is 21.6 Å². The molecule has 2 saturated heterocycles. The summed E-state index contributed by atoms with van der Waals surface area (Å²) in [4.78, 5) is 31.8. The fraction of sp³-hybridized carbons (Fsp3) is 0.447. The van der Waals surface area contributed by atoms with Gasteiger partial charge in [-0.05, 0) is 81.8 Å². The first-order valence-electron chi connectivity index (χ1n) is 21.9. The van der Waals surface area contributed by atoms with E-state index in [2.05, 4.69) is 68.3 Å². The van der Waals surface area contributed by atoms with Crippen molar-refractivity contribution in [2.45, 2.75) is 87.5 Å². The number of aromatic nitrogens is 2. The van der Waals surface area contributed by atoms with Crippen LogP contribution in [0.1, 0.15) is 49.8 Å². The number of phenols is 1. The van der Waals surface area contributed by atoms with Crippen molar-refractivity contribution >= 4 is 49.4 Å². The second kappa shape index (κ2) is 15.2. The van der Waals surface area contributed by atoms with Crippen LogP contribution < -0.4 is 37.6 Å². The third-order valence-electron chi connectivity index (χ3n) is 14.4. The van der Waals surface area contributed by atoms with Gasteiger partial charge in [0.1, 0.15) is 45.8 Å². The number of phenolic OH excluding ortho intramolecular Hbond substituents is 1. The van der Waals surface area contributed by atoms with Crippen molar-refractivity contribution in [2.75, 3.05) is 25.1 Å². The molecule has 330 valence electrons. The van der Waals surface area contributed by atoms with Gasteiger partial charge in [0.05, 0.1) is 29.5 Å². The number of rotatable bonds is 4. The first-order valence-corrected chi connectivity index (χ1v) is 24.4. The molecule has 1 aliphatic carbocycles. The van der Waals surface area contributed by atoms with E-state index in [0.717, 1.165) is 27.6 Å². The third kappa shape index (κ3) is 6.78. The second-order valence-electron chi connectivity index (χ2n) is 18.4. The zero-order valence-corrected chi connectivity index (χ0v) is 37.1. The van der Waals surface area contributed by atoms with Gasteiger partial charge in [-0.3, -0.25) is 4.79 Å². The lowest BCUT2D eigenvalue weighted by atomic mass is 9.64. The van der Waals surface area contributed by atoms with Crippen LogP contribution in [0.5, 0.6) is 11.5 Å². The maximum absolute atomic E-state index is 15.1. The highest BCUT2D eigenvalue weighted by molar-refractivity contribution is 8.76. The van der Waals surface area contributed by atoms with E-state index in [1.807, 2.05) is 26.2 Å². The van der Waals surface area contributed by atoms with Gasteiger partial charge < -0.3 is 60.7 Å². The van der Waals surface area contributed by atoms with E-state index in [0.29, 0.717) is 79.0 Å². The number of allylic oxidation sites excluding steroid dienone is 3. The SMILES string of the molecule is CNC[C@H]1C[C@@H]2C=C[C@@H]1[C@H]1c3c(cc4oc(C)cc(=O)c4c3O)O[C@@]3(C)CCSSCC4=C(N)NC(Cn5cc6cc[nH]c6c5)C=C4C4C=C(C=C(N)N4)CC[C@H]4O[C@@]24C(=O)O[C@H]13. The van der Waals surface area contributed by atoms with Crippen LogP contribution in [0.25, 0.3) is 21.9 Å². The molecule has 14 nitrogen and oxygen atoms in total. The molecule has 3 aromatic heterocycles. The van der Waals surface area contributed by atoms with Gasteiger partial charge >= 0.3 is 5.97 Å². The lowest BCUT2D eigenvalue weighted by Crippen LogP contribution is -2.56. The van der Waals surface area contributed by atoms with E-state index >= 15 is 4.79 Å². The Balaban J connectivity index is 0.990. The highest BCUT2D eigenvalue weighted by atomic mass is 33.1. The molecule has 16 heteroatoms. The molecular weight excluding hydrogens is 839 g/mol. The lowest BCUT2D eigenvalue weighted by molar-refractivity contribution is -0.174. The largest absolute Gasteiger partial charge is 0.507 e. The van der Waals surface area contributed by atoms with Crippen LogP contribution in [0.15, 0.2) is 105 Å². The van der Waals surface area contributed by atoms with Crippen molar-refractivity contribution in [3.8, 4) is 11.5 Å². The number of carbonyl (C=O) groups is 1. The van der Waals surface area contributed by atoms with Crippen LogP contribution in [0.4, 0.5) is 0 Å². The third-order valence-corrected chi connectivity index (χ3v) is 16.7. The standard InChI is InChI=1S/C47H53N7O7S2/c1-23-12-34(55)40-35(58-23)17-36-41(42(40)56)39-29-6-5-27(15-26(29)18-50-3)47-37(61-47)7-4-24-13-32(53-38(48)14-24)30-16-28(20-54-19-25-8-10-51-33(25)21-54)52-44(49)31(30)22-63-62-11-9-46(2,60-36)43(39)59-45(47)57/h5-6,8,10,12-14,16-17,19,21,26-29,32,37,39,43,50-53,56H,4,7,9,11,15,18,20,22,48-49H2,1-3H3/t26-,27+,28?,29+,32?,37-,39+,43-,46+,47+/m1/s1. The van der Waals surface area contributed by atoms with Crippen molar-refractivity contribution in [1.82, 2.24) is 25.5 Å². The van der Waals surface area contributed by atoms with Crippen molar-refractivity contribution < 1.29 is 28.5 Å². The van der Waals surface area contributed by atoms with Gasteiger partial charge in [0.15, 0.2) is 11.0 Å². The number of hydrogen-bond acceptors (Lipinski definition) is 14. The Kier molecular flexibility index (Phi) is 9.82. The summed E-state index contributed by atoms with van der Waals surface area (Å²) in [7, 11) is 5.35. The summed E-state index contributed by atoms with van der Waals surface area (Å²) in [5, 5.41) is 24.0. The minimum atomic E-state index is -1.19. The van der Waals surface area contributed by atoms with Gasteiger partial charge in [-0.1, -0.05) is 45.9 Å². The van der Waals surface area contributed by atoms with Crippen LogP contribution in [0.3, 0.4) is 0 Å². The molecule has 2 fully saturated rings. The summed E-state index contributed by atoms with van der Waals surface area (Å²) >= 11 is 0. The minimum absolute atomic E-state index is 0.0443. The average Bonchev–Trinajstić information content (AvgIpc) is 3.58. The fourth-order valence-electron chi connectivity index (χ4n) is 11.4. The summed E-state index contributed by atoms with van der Waals surface area (Å²) < 4.78 is 28.7. The second-order valence-corrected chi connectivity index (χ2v) is 21.0. The van der Waals surface area contributed by atoms with Gasteiger partial charge in [0, 0.05) is 83.6 Å². The Morgan fingerprint density at radius 2 is 1.98 bits per heavy atom. The Hall–Kier alpha value is -5.16. The van der Waals surface area contributed by atoms with Crippen LogP contribution in [0, 0.1) is 24.7 Å². The van der Waals surface area contributed by atoms with Crippen molar-refractivity contribution in [3.63, 3.8) is 0 Å². The molecule has 10 atom stereocenters. The van der Waals surface area contributed by atoms with Crippen LogP contribution in [0.2, 0.25) is 0 Å². The predicted molar refractivity (Wildman–Crippen MR) is 245 cm³/mol. The topological polar surface area (TPSA) is 207 Å². The Labute approximate surface area is 372 Å². The molecule has 6 bridgehead atoms. The molecule has 0 amide bonds. The molecule has 12 rings (SSSR count). The monoisotopic (exact) mass is 891 g/mol. The van der Waals surface area contributed by atoms with Crippen molar-refractivity contribution in [2.24, 2.45) is 29.2 Å². The summed E-state index contributed by atoms with van der Waals surface area (Å²) in [5.74, 6) is 1.82. The Morgan fingerprint density at radius 1 is 1.11 bits per heavy atom. The number of carbonyl (C=O) groups excluding carboxylic acids is 1. The van der Waals surface area contributed by atoms with E-state index in [1.165, 1.54) is 6.07 Å². The average molecular weight is 892 g/mol. The van der Waals surface area contributed by atoms with Crippen LogP contribution in [-0.2, 0) is 20.8 Å². The van der Waals surface area contributed by atoms with E-state index in [-0.39, 0.29) is 52.0 Å². The number of nitrogens with one attached hydrogen (secondary N) is 4. The van der Waals surface area contributed by atoms with Gasteiger partial charge in [0.2, 0.25) is 0 Å². The highest BCUT2D eigenvalue weighted by Gasteiger charge is 2.70. The fourth-order valence-corrected chi connectivity index (χ4v) is 13.8. The molecular formula is C47H53N7O7S2. The number of hydrogen-bond donors (Lipinski definition) is 7. The van der Waals surface area contributed by atoms with Crippen molar-refractivity contribution in [1.29, 1.82) is 0 Å². The first kappa shape index (κ1) is 40.6. The summed E-state index contributed by atoms with van der Waals surface area (Å²) in [5.41, 5.74) is 16.0. The molecule has 63 heavy (non-hydrogen) atoms. The smallest absolute Gasteiger partial charge is 0.342 e. The Morgan fingerprint density at radius 3 is 2.83 bits per heavy atom. The number of aromatic hydroxyl groups is 1. The molecule has 1 spiro atoms. The number of nitrogens with two attached hydrogens (primary N) is 2. The number of aromatic amines is 1. The number of epoxide rings is 1. The summed E-state index contributed by atoms with van der Waals surface area (Å²) in [6, 6.07) is 4.90. The number of nitrogens with zero attached hydrogens (tertiary/aromatic N) is 1. The van der Waals surface area contributed by atoms with Gasteiger partial charge in [-0.2, -0.15) is 0 Å². The minimum Gasteiger partial charge on any atom is -0.507 e. The van der Waals surface area contributed by atoms with E-state index < -0.39 is 35.3 Å². The molecule has 10 heterocycles. The summed E-state index contributed by atoms with van der Waals surface area (Å²) in [6.45, 7) is 5.06. The molecule has 4 aromatic rings. The molecule has 0 radical (unpaired) electrons. The summed E-state index contributed by atoms with van der Waals surface area (Å²) in [6.07, 6.45) is 18.2. The molecule has 8 aliphatic rings. The molecule has 7 aliphatic heterocycles. The number of dihydropyridines is 2. The van der Waals surface area contributed by atoms with E-state index in [1.54, 1.807) is 34.6 Å². The van der Waals surface area contributed by atoms with Gasteiger partial charge in [0.25, 0.3) is 0 Å². The normalized spacial score (nSPS) is 33.7. The van der Waals surface area contributed by atoms with Crippen molar-refractivity contribution in [3.05, 3.63) is 117 Å². The number of H-pyrrole nitrogens is 1. The molecule has 0 saturated carbocycles. The number of benzene rings is 1. The zero-order valence-electron chi connectivity index (χ0n) is 35.4. The number of fused-ring (bicyclic) bond motifs is 7. The quantitative estimate of drug-likeness (QED) is 0.0589. The van der Waals surface area contributed by atoms with E-state index in [9.17, 15) is 9.90 Å². The maximum Gasteiger partial charge on any atom is 0.342 e. The Bertz CT molecular complexity index is 2740.